The van der Waals surface area contributed by atoms with E-state index in [1.54, 1.807) is 36.4 Å². The van der Waals surface area contributed by atoms with Gasteiger partial charge in [0, 0.05) is 21.0 Å². The maximum absolute atomic E-state index is 13.8. The molecule has 0 radical (unpaired) electrons. The Morgan fingerprint density at radius 3 is 2.33 bits per heavy atom. The zero-order valence-electron chi connectivity index (χ0n) is 21.4. The van der Waals surface area contributed by atoms with E-state index in [4.69, 9.17) is 14.5 Å². The second-order valence-electron chi connectivity index (χ2n) is 8.97. The molecule has 1 heterocycles. The summed E-state index contributed by atoms with van der Waals surface area (Å²) in [7, 11) is 1.53. The van der Waals surface area contributed by atoms with Gasteiger partial charge in [-0.15, -0.1) is 0 Å². The first kappa shape index (κ1) is 26.1. The van der Waals surface area contributed by atoms with Gasteiger partial charge in [0.05, 0.1) is 29.6 Å². The van der Waals surface area contributed by atoms with Gasteiger partial charge in [-0.3, -0.25) is 4.79 Å². The molecule has 7 heteroatoms. The average Bonchev–Trinajstić information content (AvgIpc) is 2.96. The van der Waals surface area contributed by atoms with Gasteiger partial charge in [-0.2, -0.15) is 0 Å². The summed E-state index contributed by atoms with van der Waals surface area (Å²) in [5, 5.41) is 3.51. The smallest absolute Gasteiger partial charge is 0.340 e. The van der Waals surface area contributed by atoms with E-state index in [0.29, 0.717) is 39.2 Å². The third kappa shape index (κ3) is 5.84. The highest BCUT2D eigenvalue weighted by Crippen LogP contribution is 2.30. The number of nitrogens with one attached hydrogen (secondary N) is 1. The lowest BCUT2D eigenvalue weighted by Gasteiger charge is -2.20. The summed E-state index contributed by atoms with van der Waals surface area (Å²) in [5.41, 5.74) is 4.42. The van der Waals surface area contributed by atoms with Crippen LogP contribution in [0.15, 0.2) is 108 Å². The van der Waals surface area contributed by atoms with Gasteiger partial charge in [0.2, 0.25) is 6.10 Å². The van der Waals surface area contributed by atoms with Gasteiger partial charge < -0.3 is 14.8 Å². The number of fused-ring (bicyclic) bond motifs is 1. The molecule has 0 fully saturated rings. The Labute approximate surface area is 234 Å². The summed E-state index contributed by atoms with van der Waals surface area (Å²) < 4.78 is 12.3. The molecule has 39 heavy (non-hydrogen) atoms. The Balaban J connectivity index is 1.53. The Morgan fingerprint density at radius 2 is 1.59 bits per heavy atom. The highest BCUT2D eigenvalue weighted by Gasteiger charge is 2.28. The van der Waals surface area contributed by atoms with Crippen molar-refractivity contribution in [2.24, 2.45) is 0 Å². The van der Waals surface area contributed by atoms with Crippen LogP contribution in [0.2, 0.25) is 0 Å². The Hall–Kier alpha value is -4.49. The molecule has 0 aliphatic rings. The number of amides is 1. The molecule has 5 aromatic rings. The fourth-order valence-corrected chi connectivity index (χ4v) is 4.57. The number of hydrogen-bond donors (Lipinski definition) is 1. The first-order valence-corrected chi connectivity index (χ1v) is 13.1. The van der Waals surface area contributed by atoms with Crippen molar-refractivity contribution in [3.63, 3.8) is 0 Å². The van der Waals surface area contributed by atoms with E-state index in [1.165, 1.54) is 7.11 Å². The molecular weight excluding hydrogens is 556 g/mol. The number of anilines is 1. The number of benzene rings is 4. The van der Waals surface area contributed by atoms with Crippen molar-refractivity contribution < 1.29 is 19.1 Å². The molecule has 0 bridgehead atoms. The molecule has 6 nitrogen and oxygen atoms in total. The van der Waals surface area contributed by atoms with E-state index in [-0.39, 0.29) is 0 Å². The molecule has 0 aliphatic carbocycles. The first-order valence-electron chi connectivity index (χ1n) is 12.3. The number of rotatable bonds is 7. The van der Waals surface area contributed by atoms with Gasteiger partial charge in [-0.25, -0.2) is 9.78 Å². The summed E-state index contributed by atoms with van der Waals surface area (Å²) in [6, 6.07) is 31.2. The van der Waals surface area contributed by atoms with Crippen LogP contribution in [0.5, 0.6) is 5.75 Å². The molecule has 1 N–H and O–H groups in total. The number of ether oxygens (including phenoxy) is 2. The SMILES string of the molecule is COc1ccc(C)cc1NC(=O)C(OC(=O)c1cc(-c2ccc(Br)cc2)nc2ccccc12)c1ccccc1. The number of methoxy groups -OCH3 is 1. The second kappa shape index (κ2) is 11.5. The van der Waals surface area contributed by atoms with E-state index in [9.17, 15) is 9.59 Å². The molecule has 5 rings (SSSR count). The fourth-order valence-electron chi connectivity index (χ4n) is 4.30. The van der Waals surface area contributed by atoms with Gasteiger partial charge in [0.15, 0.2) is 0 Å². The maximum Gasteiger partial charge on any atom is 0.340 e. The van der Waals surface area contributed by atoms with Crippen molar-refractivity contribution in [3.8, 4) is 17.0 Å². The minimum atomic E-state index is -1.20. The predicted molar refractivity (Wildman–Crippen MR) is 156 cm³/mol. The summed E-state index contributed by atoms with van der Waals surface area (Å²) in [5.74, 6) is -0.622. The van der Waals surface area contributed by atoms with E-state index in [1.807, 2.05) is 73.7 Å². The third-order valence-corrected chi connectivity index (χ3v) is 6.78. The average molecular weight is 581 g/mol. The van der Waals surface area contributed by atoms with E-state index < -0.39 is 18.0 Å². The number of carbonyl (C=O) groups is 2. The van der Waals surface area contributed by atoms with Gasteiger partial charge in [-0.1, -0.05) is 82.7 Å². The predicted octanol–water partition coefficient (Wildman–Crippen LogP) is 7.52. The molecule has 0 saturated carbocycles. The van der Waals surface area contributed by atoms with Crippen molar-refractivity contribution in [3.05, 3.63) is 124 Å². The van der Waals surface area contributed by atoms with Crippen molar-refractivity contribution in [2.75, 3.05) is 12.4 Å². The van der Waals surface area contributed by atoms with Crippen molar-refractivity contribution >= 4 is 44.4 Å². The summed E-state index contributed by atoms with van der Waals surface area (Å²) >= 11 is 3.45. The van der Waals surface area contributed by atoms with Gasteiger partial charge >= 0.3 is 5.97 Å². The maximum atomic E-state index is 13.8. The number of aryl methyl sites for hydroxylation is 1. The Kier molecular flexibility index (Phi) is 7.70. The lowest BCUT2D eigenvalue weighted by molar-refractivity contribution is -0.125. The number of halogens is 1. The Bertz CT molecular complexity index is 1650. The van der Waals surface area contributed by atoms with Gasteiger partial charge in [0.1, 0.15) is 5.75 Å². The molecule has 1 aromatic heterocycles. The molecule has 0 aliphatic heterocycles. The van der Waals surface area contributed by atoms with Crippen LogP contribution in [0.4, 0.5) is 5.69 Å². The molecule has 1 atom stereocenters. The summed E-state index contributed by atoms with van der Waals surface area (Å²) in [6.07, 6.45) is -1.20. The zero-order valence-corrected chi connectivity index (χ0v) is 22.9. The highest BCUT2D eigenvalue weighted by atomic mass is 79.9. The molecular formula is C32H25BrN2O4. The van der Waals surface area contributed by atoms with Gasteiger partial charge in [-0.05, 0) is 48.9 Å². The van der Waals surface area contributed by atoms with Crippen LogP contribution in [-0.2, 0) is 9.53 Å². The van der Waals surface area contributed by atoms with Crippen molar-refractivity contribution in [1.82, 2.24) is 4.98 Å². The molecule has 194 valence electrons. The van der Waals surface area contributed by atoms with E-state index >= 15 is 0 Å². The summed E-state index contributed by atoms with van der Waals surface area (Å²) in [4.78, 5) is 32.1. The number of nitrogens with zero attached hydrogens (tertiary/aromatic N) is 1. The van der Waals surface area contributed by atoms with Crippen molar-refractivity contribution in [2.45, 2.75) is 13.0 Å². The normalized spacial score (nSPS) is 11.6. The van der Waals surface area contributed by atoms with E-state index in [2.05, 4.69) is 21.2 Å². The van der Waals surface area contributed by atoms with Crippen LogP contribution in [0, 0.1) is 6.92 Å². The quantitative estimate of drug-likeness (QED) is 0.201. The minimum Gasteiger partial charge on any atom is -0.495 e. The number of aromatic nitrogens is 1. The largest absolute Gasteiger partial charge is 0.495 e. The lowest BCUT2D eigenvalue weighted by Crippen LogP contribution is -2.26. The second-order valence-corrected chi connectivity index (χ2v) is 9.88. The minimum absolute atomic E-state index is 0.320. The molecule has 0 spiro atoms. The van der Waals surface area contributed by atoms with Gasteiger partial charge in [0.25, 0.3) is 5.91 Å². The highest BCUT2D eigenvalue weighted by molar-refractivity contribution is 9.10. The topological polar surface area (TPSA) is 77.5 Å². The molecule has 4 aromatic carbocycles. The fraction of sp³-hybridized carbons (Fsp3) is 0.0938. The zero-order chi connectivity index (χ0) is 27.4. The number of para-hydroxylation sites is 1. The number of hydrogen-bond acceptors (Lipinski definition) is 5. The summed E-state index contributed by atoms with van der Waals surface area (Å²) in [6.45, 7) is 1.92. The Morgan fingerprint density at radius 1 is 0.872 bits per heavy atom. The number of carbonyl (C=O) groups excluding carboxylic acids is 2. The molecule has 0 saturated heterocycles. The van der Waals surface area contributed by atoms with Crippen LogP contribution >= 0.6 is 15.9 Å². The van der Waals surface area contributed by atoms with Crippen LogP contribution in [0.3, 0.4) is 0 Å². The van der Waals surface area contributed by atoms with Crippen LogP contribution < -0.4 is 10.1 Å². The lowest BCUT2D eigenvalue weighted by atomic mass is 10.0. The van der Waals surface area contributed by atoms with E-state index in [0.717, 1.165) is 15.6 Å². The standard InChI is InChI=1S/C32H25BrN2O4/c1-20-12-17-29(38-2)28(18-20)35-31(36)30(22-8-4-3-5-9-22)39-32(37)25-19-27(21-13-15-23(33)16-14-21)34-26-11-7-6-10-24(25)26/h3-19,30H,1-2H3,(H,35,36). The molecule has 1 unspecified atom stereocenters. The monoisotopic (exact) mass is 580 g/mol. The number of pyridine rings is 1. The van der Waals surface area contributed by atoms with Crippen LogP contribution in [0.25, 0.3) is 22.2 Å². The van der Waals surface area contributed by atoms with Crippen molar-refractivity contribution in [1.29, 1.82) is 0 Å². The first-order chi connectivity index (χ1) is 18.9. The van der Waals surface area contributed by atoms with Crippen LogP contribution in [-0.4, -0.2) is 24.0 Å². The van der Waals surface area contributed by atoms with Crippen LogP contribution in [0.1, 0.15) is 27.6 Å². The third-order valence-electron chi connectivity index (χ3n) is 6.25. The molecule has 1 amide bonds. The number of esters is 1.